The van der Waals surface area contributed by atoms with Crippen LogP contribution in [0.15, 0.2) is 72.4 Å². The van der Waals surface area contributed by atoms with Gasteiger partial charge in [-0.15, -0.1) is 0 Å². The summed E-state index contributed by atoms with van der Waals surface area (Å²) in [5.41, 5.74) is 14.5. The molecule has 37 heavy (non-hydrogen) atoms. The molecule has 0 N–H and O–H groups in total. The van der Waals surface area contributed by atoms with Gasteiger partial charge in [0, 0.05) is 5.92 Å². The molecule has 5 rings (SSSR count). The van der Waals surface area contributed by atoms with Crippen molar-refractivity contribution in [2.24, 2.45) is 23.7 Å². The van der Waals surface area contributed by atoms with E-state index in [0.29, 0.717) is 11.8 Å². The molecular formula is C37H46. The Morgan fingerprint density at radius 2 is 1.76 bits per heavy atom. The van der Waals surface area contributed by atoms with E-state index in [1.54, 1.807) is 5.56 Å². The molecule has 4 atom stereocenters. The maximum atomic E-state index is 4.45. The van der Waals surface area contributed by atoms with Crippen molar-refractivity contribution in [1.29, 1.82) is 0 Å². The lowest BCUT2D eigenvalue weighted by atomic mass is 9.77. The van der Waals surface area contributed by atoms with E-state index in [0.717, 1.165) is 24.7 Å². The van der Waals surface area contributed by atoms with E-state index in [1.807, 2.05) is 0 Å². The molecule has 0 aliphatic heterocycles. The van der Waals surface area contributed by atoms with Crippen molar-refractivity contribution in [3.63, 3.8) is 0 Å². The van der Waals surface area contributed by atoms with Crippen LogP contribution in [0.25, 0.3) is 17.2 Å². The summed E-state index contributed by atoms with van der Waals surface area (Å²) >= 11 is 0. The van der Waals surface area contributed by atoms with Gasteiger partial charge in [0.2, 0.25) is 0 Å². The zero-order valence-corrected chi connectivity index (χ0v) is 24.1. The average Bonchev–Trinajstić information content (AvgIpc) is 3.45. The van der Waals surface area contributed by atoms with Crippen molar-refractivity contribution in [2.75, 3.05) is 0 Å². The maximum Gasteiger partial charge on any atom is 0.00826 e. The molecule has 1 saturated carbocycles. The molecule has 0 spiro atoms. The fourth-order valence-electron chi connectivity index (χ4n) is 6.97. The summed E-state index contributed by atoms with van der Waals surface area (Å²) in [4.78, 5) is 0. The van der Waals surface area contributed by atoms with Crippen LogP contribution in [0, 0.1) is 30.6 Å². The number of allylic oxidation sites excluding steroid dienone is 5. The van der Waals surface area contributed by atoms with Crippen LogP contribution in [0.1, 0.15) is 88.1 Å². The standard InChI is InChI=1S/C37H46/c1-23-12-15-28(16-23)19-34-26(4)17-31(37(6,7)8)22-36(34)32-11-9-10-30-18-29(21-35(30)32)20-33-25(3)14-13-24(2)27(33)5/h9-11,13-14,17-18,22-24,28,33H,3,5,12,15-16,19-21H2,1-2,4,6-8H3/t23?,24?,28-,33?/m1/s1. The van der Waals surface area contributed by atoms with E-state index in [1.165, 1.54) is 75.8 Å². The lowest BCUT2D eigenvalue weighted by Crippen LogP contribution is -2.15. The van der Waals surface area contributed by atoms with E-state index in [2.05, 4.69) is 103 Å². The van der Waals surface area contributed by atoms with Crippen LogP contribution >= 0.6 is 0 Å². The highest BCUT2D eigenvalue weighted by atomic mass is 14.3. The highest BCUT2D eigenvalue weighted by Gasteiger charge is 2.28. The summed E-state index contributed by atoms with van der Waals surface area (Å²) in [5.74, 6) is 2.48. The van der Waals surface area contributed by atoms with E-state index in [-0.39, 0.29) is 5.41 Å². The molecule has 0 heterocycles. The fourth-order valence-corrected chi connectivity index (χ4v) is 6.97. The van der Waals surface area contributed by atoms with Crippen LogP contribution in [0.3, 0.4) is 0 Å². The molecule has 1 fully saturated rings. The lowest BCUT2D eigenvalue weighted by Gasteiger charge is -2.28. The first-order valence-corrected chi connectivity index (χ1v) is 14.5. The molecular weight excluding hydrogens is 444 g/mol. The first-order valence-electron chi connectivity index (χ1n) is 14.5. The van der Waals surface area contributed by atoms with E-state index in [9.17, 15) is 0 Å². The van der Waals surface area contributed by atoms with Crippen molar-refractivity contribution < 1.29 is 0 Å². The second kappa shape index (κ2) is 9.94. The number of hydrogen-bond donors (Lipinski definition) is 0. The highest BCUT2D eigenvalue weighted by Crippen LogP contribution is 2.44. The molecule has 0 bridgehead atoms. The Morgan fingerprint density at radius 1 is 0.973 bits per heavy atom. The van der Waals surface area contributed by atoms with Gasteiger partial charge in [-0.2, -0.15) is 0 Å². The average molecular weight is 491 g/mol. The Morgan fingerprint density at radius 3 is 2.46 bits per heavy atom. The smallest absolute Gasteiger partial charge is 0.00826 e. The predicted molar refractivity (Wildman–Crippen MR) is 162 cm³/mol. The van der Waals surface area contributed by atoms with Crippen LogP contribution < -0.4 is 0 Å². The summed E-state index contributed by atoms with van der Waals surface area (Å²) in [6.45, 7) is 22.9. The summed E-state index contributed by atoms with van der Waals surface area (Å²) in [5, 5.41) is 0. The SMILES string of the molecule is C=C1C=CC(C)C(=C)C1CC1=Cc2cccc(-c3cc(C(C)(C)C)cc(C)c3C[C@@H]3CCC(C)C3)c2C1. The van der Waals surface area contributed by atoms with Gasteiger partial charge < -0.3 is 0 Å². The molecule has 3 unspecified atom stereocenters. The molecule has 3 aliphatic carbocycles. The first-order chi connectivity index (χ1) is 17.5. The molecule has 0 saturated heterocycles. The molecule has 0 heteroatoms. The third kappa shape index (κ3) is 5.22. The van der Waals surface area contributed by atoms with Gasteiger partial charge in [0.1, 0.15) is 0 Å². The molecule has 2 aromatic carbocycles. The second-order valence-electron chi connectivity index (χ2n) is 13.5. The summed E-state index contributed by atoms with van der Waals surface area (Å²) in [6, 6.07) is 12.0. The van der Waals surface area contributed by atoms with E-state index in [4.69, 9.17) is 0 Å². The highest BCUT2D eigenvalue weighted by molar-refractivity contribution is 5.80. The van der Waals surface area contributed by atoms with E-state index >= 15 is 0 Å². The second-order valence-corrected chi connectivity index (χ2v) is 13.5. The quantitative estimate of drug-likeness (QED) is 0.366. The van der Waals surface area contributed by atoms with Crippen LogP contribution in [0.4, 0.5) is 0 Å². The molecule has 0 amide bonds. The number of fused-ring (bicyclic) bond motifs is 1. The van der Waals surface area contributed by atoms with Crippen molar-refractivity contribution in [1.82, 2.24) is 0 Å². The minimum atomic E-state index is 0.132. The van der Waals surface area contributed by atoms with Gasteiger partial charge in [0.25, 0.3) is 0 Å². The largest absolute Gasteiger partial charge is 0.0986 e. The van der Waals surface area contributed by atoms with Gasteiger partial charge in [-0.05, 0) is 107 Å². The third-order valence-electron chi connectivity index (χ3n) is 9.45. The monoisotopic (exact) mass is 490 g/mol. The minimum Gasteiger partial charge on any atom is -0.0986 e. The van der Waals surface area contributed by atoms with Crippen molar-refractivity contribution in [3.8, 4) is 11.1 Å². The van der Waals surface area contributed by atoms with Crippen LogP contribution in [0.5, 0.6) is 0 Å². The summed E-state index contributed by atoms with van der Waals surface area (Å²) in [7, 11) is 0. The summed E-state index contributed by atoms with van der Waals surface area (Å²) in [6.07, 6.45) is 14.4. The Balaban J connectivity index is 1.51. The Bertz CT molecular complexity index is 1290. The predicted octanol–water partition coefficient (Wildman–Crippen LogP) is 10.2. The number of rotatable bonds is 5. The van der Waals surface area contributed by atoms with Crippen molar-refractivity contribution in [2.45, 2.75) is 85.5 Å². The minimum absolute atomic E-state index is 0.132. The number of aryl methyl sites for hydroxylation is 1. The Hall–Kier alpha value is -2.60. The maximum absolute atomic E-state index is 4.45. The van der Waals surface area contributed by atoms with Gasteiger partial charge >= 0.3 is 0 Å². The first kappa shape index (κ1) is 26.0. The number of benzene rings is 2. The zero-order chi connectivity index (χ0) is 26.5. The van der Waals surface area contributed by atoms with Gasteiger partial charge in [-0.1, -0.05) is 114 Å². The molecule has 0 aromatic heterocycles. The van der Waals surface area contributed by atoms with E-state index < -0.39 is 0 Å². The topological polar surface area (TPSA) is 0 Å². The van der Waals surface area contributed by atoms with Crippen molar-refractivity contribution in [3.05, 3.63) is 100 Å². The van der Waals surface area contributed by atoms with Crippen LogP contribution in [0.2, 0.25) is 0 Å². The van der Waals surface area contributed by atoms with Crippen molar-refractivity contribution >= 4 is 6.08 Å². The molecule has 3 aliphatic rings. The van der Waals surface area contributed by atoms with Gasteiger partial charge in [-0.3, -0.25) is 0 Å². The van der Waals surface area contributed by atoms with Gasteiger partial charge in [-0.25, -0.2) is 0 Å². The zero-order valence-electron chi connectivity index (χ0n) is 24.1. The van der Waals surface area contributed by atoms with Gasteiger partial charge in [0.05, 0.1) is 0 Å². The number of hydrogen-bond acceptors (Lipinski definition) is 0. The fraction of sp³-hybridized carbons (Fsp3) is 0.459. The third-order valence-corrected chi connectivity index (χ3v) is 9.45. The summed E-state index contributed by atoms with van der Waals surface area (Å²) < 4.78 is 0. The Kier molecular flexibility index (Phi) is 6.99. The lowest BCUT2D eigenvalue weighted by molar-refractivity contribution is 0.512. The normalized spacial score (nSPS) is 25.5. The molecule has 0 nitrogen and oxygen atoms in total. The Labute approximate surface area is 226 Å². The molecule has 2 aromatic rings. The molecule has 0 radical (unpaired) electrons. The molecule has 194 valence electrons. The van der Waals surface area contributed by atoms with Gasteiger partial charge in [0.15, 0.2) is 0 Å². The van der Waals surface area contributed by atoms with Crippen LogP contribution in [-0.4, -0.2) is 0 Å². The van der Waals surface area contributed by atoms with Crippen LogP contribution in [-0.2, 0) is 18.3 Å².